The average molecular weight is 520 g/mol. The maximum Gasteiger partial charge on any atom is 0.146 e. The Balaban J connectivity index is 2.70. The SMILES string of the molecule is Oc1ccc(Cl)cc1C(c1cc(Cl)ccc1O)C(Br)(Br)Br. The lowest BCUT2D eigenvalue weighted by Gasteiger charge is -2.28. The Kier molecular flexibility index (Phi) is 5.53. The molecule has 0 aliphatic carbocycles. The third-order valence-electron chi connectivity index (χ3n) is 2.93. The van der Waals surface area contributed by atoms with Crippen molar-refractivity contribution in [2.24, 2.45) is 0 Å². The Morgan fingerprint density at radius 1 is 0.810 bits per heavy atom. The number of hydrogen-bond acceptors (Lipinski definition) is 2. The minimum atomic E-state index is -0.808. The van der Waals surface area contributed by atoms with Crippen LogP contribution in [0.25, 0.3) is 0 Å². The highest BCUT2D eigenvalue weighted by Crippen LogP contribution is 2.54. The summed E-state index contributed by atoms with van der Waals surface area (Å²) in [5, 5.41) is 21.3. The molecule has 21 heavy (non-hydrogen) atoms. The van der Waals surface area contributed by atoms with Crippen molar-refractivity contribution in [2.45, 2.75) is 8.06 Å². The molecule has 0 amide bonds. The molecule has 0 aromatic heterocycles. The van der Waals surface area contributed by atoms with Crippen molar-refractivity contribution in [1.29, 1.82) is 0 Å². The summed E-state index contributed by atoms with van der Waals surface area (Å²) in [4.78, 5) is 0. The largest absolute Gasteiger partial charge is 0.508 e. The molecule has 2 aromatic rings. The summed E-state index contributed by atoms with van der Waals surface area (Å²) in [7, 11) is 0. The fraction of sp³-hybridized carbons (Fsp3) is 0.143. The van der Waals surface area contributed by atoms with Gasteiger partial charge in [-0.25, -0.2) is 0 Å². The first-order chi connectivity index (χ1) is 9.70. The van der Waals surface area contributed by atoms with E-state index in [-0.39, 0.29) is 11.5 Å². The standard InChI is InChI=1S/C14H9Br3Cl2O2/c15-14(16,17)13(9-5-7(18)1-3-11(9)20)10-6-8(19)2-4-12(10)21/h1-6,13,20-21H. The molecule has 0 heterocycles. The Labute approximate surface area is 157 Å². The number of benzene rings is 2. The van der Waals surface area contributed by atoms with Crippen LogP contribution in [0.2, 0.25) is 10.0 Å². The van der Waals surface area contributed by atoms with Crippen LogP contribution in [0.4, 0.5) is 0 Å². The summed E-state index contributed by atoms with van der Waals surface area (Å²) < 4.78 is -0.808. The van der Waals surface area contributed by atoms with E-state index < -0.39 is 8.06 Å². The summed E-state index contributed by atoms with van der Waals surface area (Å²) >= 11 is 22.4. The number of phenols is 2. The maximum atomic E-state index is 10.2. The molecule has 0 aliphatic heterocycles. The summed E-state index contributed by atoms with van der Waals surface area (Å²) in [6.45, 7) is 0. The summed E-state index contributed by atoms with van der Waals surface area (Å²) in [6.07, 6.45) is 0. The van der Waals surface area contributed by atoms with Crippen molar-refractivity contribution in [3.63, 3.8) is 0 Å². The molecule has 0 saturated heterocycles. The van der Waals surface area contributed by atoms with Gasteiger partial charge in [-0.3, -0.25) is 0 Å². The van der Waals surface area contributed by atoms with Gasteiger partial charge in [0.05, 0.1) is 5.92 Å². The first-order valence-electron chi connectivity index (χ1n) is 5.73. The van der Waals surface area contributed by atoms with Crippen molar-refractivity contribution in [1.82, 2.24) is 0 Å². The van der Waals surface area contributed by atoms with Crippen LogP contribution in [0.5, 0.6) is 11.5 Å². The predicted octanol–water partition coefficient (Wildman–Crippen LogP) is 6.38. The third kappa shape index (κ3) is 4.08. The first-order valence-corrected chi connectivity index (χ1v) is 8.87. The minimum Gasteiger partial charge on any atom is -0.508 e. The molecule has 0 unspecified atom stereocenters. The molecule has 2 N–H and O–H groups in total. The average Bonchev–Trinajstić information content (AvgIpc) is 2.36. The number of phenolic OH excluding ortho intramolecular Hbond substituents is 2. The Morgan fingerprint density at radius 3 is 1.52 bits per heavy atom. The van der Waals surface area contributed by atoms with Crippen LogP contribution in [-0.2, 0) is 0 Å². The number of aromatic hydroxyl groups is 2. The van der Waals surface area contributed by atoms with E-state index in [1.165, 1.54) is 12.1 Å². The lowest BCUT2D eigenvalue weighted by molar-refractivity contribution is 0.456. The molecule has 2 aromatic carbocycles. The van der Waals surface area contributed by atoms with Crippen LogP contribution < -0.4 is 0 Å². The van der Waals surface area contributed by atoms with Crippen LogP contribution in [0.1, 0.15) is 17.0 Å². The van der Waals surface area contributed by atoms with Crippen molar-refractivity contribution >= 4 is 71.0 Å². The van der Waals surface area contributed by atoms with Gasteiger partial charge in [-0.05, 0) is 36.4 Å². The van der Waals surface area contributed by atoms with Gasteiger partial charge in [0.1, 0.15) is 13.6 Å². The monoisotopic (exact) mass is 516 g/mol. The number of hydrogen-bond donors (Lipinski definition) is 2. The van der Waals surface area contributed by atoms with Gasteiger partial charge < -0.3 is 10.2 Å². The van der Waals surface area contributed by atoms with E-state index in [4.69, 9.17) is 23.2 Å². The summed E-state index contributed by atoms with van der Waals surface area (Å²) in [6, 6.07) is 9.47. The second-order valence-electron chi connectivity index (χ2n) is 4.38. The normalized spacial score (nSPS) is 11.9. The number of rotatable bonds is 2. The maximum absolute atomic E-state index is 10.2. The molecule has 2 rings (SSSR count). The van der Waals surface area contributed by atoms with Crippen molar-refractivity contribution < 1.29 is 10.2 Å². The van der Waals surface area contributed by atoms with E-state index in [2.05, 4.69) is 47.8 Å². The topological polar surface area (TPSA) is 40.5 Å². The Morgan fingerprint density at radius 2 is 1.19 bits per heavy atom. The van der Waals surface area contributed by atoms with Crippen molar-refractivity contribution in [3.8, 4) is 11.5 Å². The quantitative estimate of drug-likeness (QED) is 0.452. The lowest BCUT2D eigenvalue weighted by Crippen LogP contribution is -2.17. The van der Waals surface area contributed by atoms with Gasteiger partial charge in [-0.2, -0.15) is 0 Å². The molecule has 0 fully saturated rings. The molecule has 112 valence electrons. The Hall–Kier alpha value is 0.0600. The van der Waals surface area contributed by atoms with E-state index in [1.807, 2.05) is 0 Å². The van der Waals surface area contributed by atoms with Crippen LogP contribution in [0.3, 0.4) is 0 Å². The smallest absolute Gasteiger partial charge is 0.146 e. The zero-order valence-electron chi connectivity index (χ0n) is 10.3. The molecule has 7 heteroatoms. The van der Waals surface area contributed by atoms with Gasteiger partial charge in [0.15, 0.2) is 0 Å². The molecule has 0 aliphatic rings. The Bertz CT molecular complexity index is 620. The van der Waals surface area contributed by atoms with E-state index in [0.717, 1.165) is 0 Å². The van der Waals surface area contributed by atoms with E-state index in [9.17, 15) is 10.2 Å². The lowest BCUT2D eigenvalue weighted by atomic mass is 9.91. The number of halogens is 5. The zero-order valence-corrected chi connectivity index (χ0v) is 16.6. The summed E-state index contributed by atoms with van der Waals surface area (Å²) in [5.41, 5.74) is 1.07. The molecule has 0 radical (unpaired) electrons. The fourth-order valence-corrected chi connectivity index (χ4v) is 3.87. The predicted molar refractivity (Wildman–Crippen MR) is 97.6 cm³/mol. The van der Waals surface area contributed by atoms with Crippen molar-refractivity contribution in [3.05, 3.63) is 57.6 Å². The second kappa shape index (κ2) is 6.67. The minimum absolute atomic E-state index is 0.0616. The second-order valence-corrected chi connectivity index (χ2v) is 12.2. The highest BCUT2D eigenvalue weighted by atomic mass is 80.0. The van der Waals surface area contributed by atoms with Crippen LogP contribution >= 0.6 is 71.0 Å². The van der Waals surface area contributed by atoms with Crippen LogP contribution in [-0.4, -0.2) is 12.4 Å². The van der Waals surface area contributed by atoms with Crippen LogP contribution in [0.15, 0.2) is 36.4 Å². The molecular formula is C14H9Br3Cl2O2. The van der Waals surface area contributed by atoms with E-state index in [0.29, 0.717) is 21.2 Å². The van der Waals surface area contributed by atoms with Crippen molar-refractivity contribution in [2.75, 3.05) is 0 Å². The van der Waals surface area contributed by atoms with Gasteiger partial charge in [0.2, 0.25) is 0 Å². The van der Waals surface area contributed by atoms with Gasteiger partial charge in [-0.1, -0.05) is 71.0 Å². The molecule has 0 atom stereocenters. The molecule has 0 saturated carbocycles. The van der Waals surface area contributed by atoms with Crippen LogP contribution in [0, 0.1) is 0 Å². The number of alkyl halides is 3. The first kappa shape index (κ1) is 17.4. The third-order valence-corrected chi connectivity index (χ3v) is 4.77. The highest BCUT2D eigenvalue weighted by molar-refractivity contribution is 9.39. The molecular weight excluding hydrogens is 511 g/mol. The van der Waals surface area contributed by atoms with Gasteiger partial charge >= 0.3 is 0 Å². The highest BCUT2D eigenvalue weighted by Gasteiger charge is 2.37. The molecule has 0 spiro atoms. The van der Waals surface area contributed by atoms with Gasteiger partial charge in [0.25, 0.3) is 0 Å². The molecule has 0 bridgehead atoms. The van der Waals surface area contributed by atoms with Gasteiger partial charge in [-0.15, -0.1) is 0 Å². The summed E-state index contributed by atoms with van der Waals surface area (Å²) in [5.74, 6) is -0.368. The van der Waals surface area contributed by atoms with E-state index in [1.54, 1.807) is 24.3 Å². The van der Waals surface area contributed by atoms with E-state index >= 15 is 0 Å². The fourth-order valence-electron chi connectivity index (χ4n) is 2.03. The van der Waals surface area contributed by atoms with Gasteiger partial charge in [0, 0.05) is 21.2 Å². The zero-order chi connectivity index (χ0) is 15.8. The molecule has 2 nitrogen and oxygen atoms in total.